The van der Waals surface area contributed by atoms with E-state index in [1.165, 1.54) is 36.9 Å². The van der Waals surface area contributed by atoms with Crippen LogP contribution in [0.5, 0.6) is 0 Å². The second-order valence-corrected chi connectivity index (χ2v) is 8.08. The number of alkyl halides is 3. The zero-order valence-corrected chi connectivity index (χ0v) is 19.9. The number of halogens is 4. The van der Waals surface area contributed by atoms with Gasteiger partial charge in [0.15, 0.2) is 5.96 Å². The topological polar surface area (TPSA) is 77.7 Å². The Morgan fingerprint density at radius 1 is 1.37 bits per heavy atom. The fourth-order valence-corrected chi connectivity index (χ4v) is 4.06. The van der Waals surface area contributed by atoms with Crippen molar-refractivity contribution in [1.29, 1.82) is 0 Å². The number of aliphatic hydroxyl groups is 1. The fourth-order valence-electron chi connectivity index (χ4n) is 4.06. The Balaban J connectivity index is 0.00000320. The molecule has 1 saturated carbocycles. The normalized spacial score (nSPS) is 25.0. The van der Waals surface area contributed by atoms with Gasteiger partial charge in [0.1, 0.15) is 5.82 Å². The maximum absolute atomic E-state index is 13.6. The molecule has 0 aromatic carbocycles. The summed E-state index contributed by atoms with van der Waals surface area (Å²) in [6.07, 6.45) is 0.636. The van der Waals surface area contributed by atoms with Gasteiger partial charge < -0.3 is 20.3 Å². The molecule has 1 aliphatic heterocycles. The van der Waals surface area contributed by atoms with E-state index in [9.17, 15) is 18.3 Å². The van der Waals surface area contributed by atoms with Gasteiger partial charge in [-0.3, -0.25) is 9.89 Å². The van der Waals surface area contributed by atoms with Gasteiger partial charge in [0.2, 0.25) is 5.60 Å². The summed E-state index contributed by atoms with van der Waals surface area (Å²) in [4.78, 5) is 10.5. The predicted molar refractivity (Wildman–Crippen MR) is 120 cm³/mol. The molecule has 3 rings (SSSR count). The van der Waals surface area contributed by atoms with E-state index < -0.39 is 24.0 Å². The second-order valence-electron chi connectivity index (χ2n) is 8.08. The van der Waals surface area contributed by atoms with Crippen molar-refractivity contribution < 1.29 is 18.3 Å². The monoisotopic (exact) mass is 544 g/mol. The number of hydrogen-bond donors (Lipinski definition) is 3. The van der Waals surface area contributed by atoms with E-state index in [0.717, 1.165) is 13.0 Å². The number of imidazole rings is 1. The zero-order chi connectivity index (χ0) is 21.2. The van der Waals surface area contributed by atoms with Crippen LogP contribution in [0.3, 0.4) is 0 Å². The lowest BCUT2D eigenvalue weighted by atomic mass is 9.98. The third-order valence-corrected chi connectivity index (χ3v) is 5.73. The van der Waals surface area contributed by atoms with Crippen molar-refractivity contribution in [3.8, 4) is 0 Å². The van der Waals surface area contributed by atoms with E-state index in [4.69, 9.17) is 0 Å². The molecule has 1 saturated heterocycles. The first-order chi connectivity index (χ1) is 13.7. The number of aromatic nitrogens is 2. The number of likely N-dealkylation sites (tertiary alicyclic amines) is 1. The molecule has 172 valence electrons. The molecule has 2 aliphatic rings. The predicted octanol–water partition coefficient (Wildman–Crippen LogP) is 2.36. The lowest BCUT2D eigenvalue weighted by molar-refractivity contribution is -0.272. The van der Waals surface area contributed by atoms with Gasteiger partial charge >= 0.3 is 6.18 Å². The van der Waals surface area contributed by atoms with Gasteiger partial charge in [-0.2, -0.15) is 13.2 Å². The van der Waals surface area contributed by atoms with E-state index in [2.05, 4.69) is 32.4 Å². The van der Waals surface area contributed by atoms with E-state index in [1.807, 2.05) is 6.92 Å². The summed E-state index contributed by atoms with van der Waals surface area (Å²) in [5.41, 5.74) is -3.04. The average Bonchev–Trinajstić information content (AvgIpc) is 3.28. The summed E-state index contributed by atoms with van der Waals surface area (Å²) in [7, 11) is 1.43. The Morgan fingerprint density at radius 3 is 2.60 bits per heavy atom. The number of guanidine groups is 1. The molecule has 0 spiro atoms. The van der Waals surface area contributed by atoms with Gasteiger partial charge in [0.05, 0.1) is 0 Å². The first kappa shape index (κ1) is 25.2. The molecule has 2 heterocycles. The third kappa shape index (κ3) is 5.58. The van der Waals surface area contributed by atoms with E-state index in [-0.39, 0.29) is 36.6 Å². The number of nitrogens with zero attached hydrogens (tertiary/aromatic N) is 4. The van der Waals surface area contributed by atoms with Crippen LogP contribution in [-0.2, 0) is 12.6 Å². The van der Waals surface area contributed by atoms with Crippen LogP contribution in [0.1, 0.15) is 45.4 Å². The highest BCUT2D eigenvalue weighted by Crippen LogP contribution is 2.40. The van der Waals surface area contributed by atoms with Crippen molar-refractivity contribution in [3.05, 3.63) is 18.2 Å². The highest BCUT2D eigenvalue weighted by atomic mass is 127. The molecule has 3 atom stereocenters. The molecule has 7 nitrogen and oxygen atoms in total. The van der Waals surface area contributed by atoms with Gasteiger partial charge in [-0.25, -0.2) is 4.98 Å². The minimum absolute atomic E-state index is 0. The molecule has 11 heteroatoms. The van der Waals surface area contributed by atoms with Crippen molar-refractivity contribution >= 4 is 29.9 Å². The number of aliphatic imine (C=N–C) groups is 1. The molecule has 3 N–H and O–H groups in total. The molecule has 2 fully saturated rings. The SMILES string of the molecule is CCNC(=NCCC(O)(c1nccn1C)C(F)(F)F)NC1CC(C)N(C2CC2)C1.I. The number of aryl methyl sites for hydroxylation is 1. The van der Waals surface area contributed by atoms with Crippen molar-refractivity contribution in [3.63, 3.8) is 0 Å². The molecule has 0 bridgehead atoms. The molecule has 3 unspecified atom stereocenters. The van der Waals surface area contributed by atoms with Crippen LogP contribution >= 0.6 is 24.0 Å². The summed E-state index contributed by atoms with van der Waals surface area (Å²) < 4.78 is 42.1. The maximum atomic E-state index is 13.6. The molecular weight excluding hydrogens is 512 g/mol. The quantitative estimate of drug-likeness (QED) is 0.279. The fraction of sp³-hybridized carbons (Fsp3) is 0.789. The van der Waals surface area contributed by atoms with Gasteiger partial charge in [0.25, 0.3) is 0 Å². The largest absolute Gasteiger partial charge is 0.424 e. The average molecular weight is 544 g/mol. The van der Waals surface area contributed by atoms with E-state index >= 15 is 0 Å². The second kappa shape index (κ2) is 10.0. The van der Waals surface area contributed by atoms with Gasteiger partial charge in [0, 0.05) is 63.6 Å². The first-order valence-corrected chi connectivity index (χ1v) is 10.2. The zero-order valence-electron chi connectivity index (χ0n) is 17.6. The van der Waals surface area contributed by atoms with Crippen LogP contribution in [0.2, 0.25) is 0 Å². The molecule has 0 radical (unpaired) electrons. The van der Waals surface area contributed by atoms with Crippen molar-refractivity contribution in [2.24, 2.45) is 12.0 Å². The molecule has 30 heavy (non-hydrogen) atoms. The van der Waals surface area contributed by atoms with Crippen LogP contribution in [-0.4, -0.2) is 69.5 Å². The van der Waals surface area contributed by atoms with Gasteiger partial charge in [-0.05, 0) is 33.1 Å². The maximum Gasteiger partial charge on any atom is 0.424 e. The lowest BCUT2D eigenvalue weighted by Crippen LogP contribution is -2.46. The smallest absolute Gasteiger partial charge is 0.374 e. The number of hydrogen-bond acceptors (Lipinski definition) is 4. The molecular formula is C19H32F3IN6O. The molecule has 1 aliphatic carbocycles. The molecule has 1 aromatic rings. The number of rotatable bonds is 7. The summed E-state index contributed by atoms with van der Waals surface area (Å²) in [6.45, 7) is 5.44. The van der Waals surface area contributed by atoms with Gasteiger partial charge in [-0.1, -0.05) is 0 Å². The highest BCUT2D eigenvalue weighted by Gasteiger charge is 2.57. The van der Waals surface area contributed by atoms with Crippen LogP contribution < -0.4 is 10.6 Å². The summed E-state index contributed by atoms with van der Waals surface area (Å²) in [6, 6.07) is 1.37. The van der Waals surface area contributed by atoms with Crippen LogP contribution in [0, 0.1) is 0 Å². The van der Waals surface area contributed by atoms with Crippen LogP contribution in [0.4, 0.5) is 13.2 Å². The van der Waals surface area contributed by atoms with Crippen molar-refractivity contribution in [2.75, 3.05) is 19.6 Å². The standard InChI is InChI=1S/C19H31F3N6O.HI/c1-4-23-17(26-14-11-13(2)28(12-14)15-5-6-15)25-8-7-18(29,19(20,21)22)16-24-9-10-27(16)3;/h9-10,13-15,29H,4-8,11-12H2,1-3H3,(H2,23,25,26);1H. The minimum Gasteiger partial charge on any atom is -0.374 e. The van der Waals surface area contributed by atoms with Crippen molar-refractivity contribution in [2.45, 2.75) is 69.4 Å². The highest BCUT2D eigenvalue weighted by molar-refractivity contribution is 14.0. The van der Waals surface area contributed by atoms with Crippen LogP contribution in [0.25, 0.3) is 0 Å². The Bertz CT molecular complexity index is 723. The van der Waals surface area contributed by atoms with E-state index in [0.29, 0.717) is 24.6 Å². The Kier molecular flexibility index (Phi) is 8.42. The summed E-state index contributed by atoms with van der Waals surface area (Å²) in [5.74, 6) is 0.0505. The van der Waals surface area contributed by atoms with Crippen LogP contribution in [0.15, 0.2) is 17.4 Å². The van der Waals surface area contributed by atoms with Gasteiger partial charge in [-0.15, -0.1) is 24.0 Å². The molecule has 0 amide bonds. The minimum atomic E-state index is -4.85. The Hall–Kier alpha value is -1.08. The Labute approximate surface area is 192 Å². The number of nitrogens with one attached hydrogen (secondary N) is 2. The third-order valence-electron chi connectivity index (χ3n) is 5.73. The van der Waals surface area contributed by atoms with E-state index in [1.54, 1.807) is 0 Å². The lowest BCUT2D eigenvalue weighted by Gasteiger charge is -2.29. The molecule has 1 aromatic heterocycles. The summed E-state index contributed by atoms with van der Waals surface area (Å²) in [5, 5.41) is 16.9. The summed E-state index contributed by atoms with van der Waals surface area (Å²) >= 11 is 0. The first-order valence-electron chi connectivity index (χ1n) is 10.2. The Morgan fingerprint density at radius 2 is 2.07 bits per heavy atom. The van der Waals surface area contributed by atoms with Crippen molar-refractivity contribution in [1.82, 2.24) is 25.1 Å².